The lowest BCUT2D eigenvalue weighted by atomic mass is 10.3. The second-order valence-electron chi connectivity index (χ2n) is 3.86. The van der Waals surface area contributed by atoms with E-state index in [0.29, 0.717) is 0 Å². The van der Waals surface area contributed by atoms with Crippen molar-refractivity contribution in [3.63, 3.8) is 0 Å². The normalized spacial score (nSPS) is 11.0. The molecule has 0 heterocycles. The summed E-state index contributed by atoms with van der Waals surface area (Å²) in [6, 6.07) is -1.43. The average Bonchev–Trinajstić information content (AvgIpc) is 2.26. The zero-order valence-corrected chi connectivity index (χ0v) is 10.6. The molecule has 0 aromatic heterocycles. The molecule has 0 saturated carbocycles. The fourth-order valence-corrected chi connectivity index (χ4v) is 1.20. The first-order valence-electron chi connectivity index (χ1n) is 5.21. The van der Waals surface area contributed by atoms with Gasteiger partial charge < -0.3 is 20.2 Å². The molecule has 0 aliphatic heterocycles. The minimum atomic E-state index is -1.17. The lowest BCUT2D eigenvalue weighted by Crippen LogP contribution is -2.50. The van der Waals surface area contributed by atoms with Gasteiger partial charge in [0.25, 0.3) is 0 Å². The number of hydrogen-bond acceptors (Lipinski definition) is 3. The fourth-order valence-electron chi connectivity index (χ4n) is 1.20. The van der Waals surface area contributed by atoms with Crippen LogP contribution < -0.4 is 5.32 Å². The van der Waals surface area contributed by atoms with Crippen LogP contribution in [-0.2, 0) is 9.59 Å². The number of carboxylic acid groups (broad SMARTS) is 1. The van der Waals surface area contributed by atoms with E-state index in [1.165, 1.54) is 11.8 Å². The van der Waals surface area contributed by atoms with Crippen molar-refractivity contribution in [2.24, 2.45) is 0 Å². The van der Waals surface area contributed by atoms with Gasteiger partial charge in [0.2, 0.25) is 5.91 Å². The Morgan fingerprint density at radius 3 is 2.33 bits per heavy atom. The highest BCUT2D eigenvalue weighted by atomic mass is 16.4. The second-order valence-corrected chi connectivity index (χ2v) is 3.86. The van der Waals surface area contributed by atoms with E-state index in [1.807, 2.05) is 0 Å². The van der Waals surface area contributed by atoms with Crippen molar-refractivity contribution >= 4 is 17.9 Å². The predicted octanol–water partition coefficient (Wildman–Crippen LogP) is -0.807. The van der Waals surface area contributed by atoms with Crippen LogP contribution in [0.4, 0.5) is 4.79 Å². The molecular weight excluding hydrogens is 238 g/mol. The predicted molar refractivity (Wildman–Crippen MR) is 64.7 cm³/mol. The third-order valence-corrected chi connectivity index (χ3v) is 2.05. The number of aliphatic carboxylic acids is 1. The summed E-state index contributed by atoms with van der Waals surface area (Å²) in [6.07, 6.45) is 5.04. The van der Waals surface area contributed by atoms with Gasteiger partial charge in [-0.3, -0.25) is 9.59 Å². The molecule has 0 aliphatic carbocycles. The zero-order chi connectivity index (χ0) is 14.3. The van der Waals surface area contributed by atoms with Crippen LogP contribution in [0.2, 0.25) is 0 Å². The van der Waals surface area contributed by atoms with E-state index in [4.69, 9.17) is 11.5 Å². The highest BCUT2D eigenvalue weighted by Crippen LogP contribution is 1.94. The molecule has 0 spiro atoms. The quantitative estimate of drug-likeness (QED) is 0.629. The summed E-state index contributed by atoms with van der Waals surface area (Å²) < 4.78 is 0. The summed E-state index contributed by atoms with van der Waals surface area (Å²) in [5.41, 5.74) is 0. The third-order valence-electron chi connectivity index (χ3n) is 2.05. The lowest BCUT2D eigenvalue weighted by Gasteiger charge is -2.23. The van der Waals surface area contributed by atoms with Crippen LogP contribution in [0.3, 0.4) is 0 Å². The molecule has 1 unspecified atom stereocenters. The van der Waals surface area contributed by atoms with Crippen molar-refractivity contribution in [3.8, 4) is 12.3 Å². The van der Waals surface area contributed by atoms with Gasteiger partial charge in [-0.1, -0.05) is 5.92 Å². The van der Waals surface area contributed by atoms with Gasteiger partial charge in [0.05, 0.1) is 6.54 Å². The number of carboxylic acids is 1. The van der Waals surface area contributed by atoms with Crippen LogP contribution in [0.25, 0.3) is 0 Å². The highest BCUT2D eigenvalue weighted by molar-refractivity contribution is 5.87. The van der Waals surface area contributed by atoms with Gasteiger partial charge in [0, 0.05) is 14.1 Å². The Hall–Kier alpha value is -2.23. The van der Waals surface area contributed by atoms with Crippen LogP contribution in [-0.4, -0.2) is 66.0 Å². The zero-order valence-electron chi connectivity index (χ0n) is 10.6. The molecule has 0 rings (SSSR count). The Balaban J connectivity index is 4.56. The smallest absolute Gasteiger partial charge is 0.323 e. The molecule has 1 atom stereocenters. The molecule has 0 aromatic carbocycles. The van der Waals surface area contributed by atoms with Crippen LogP contribution in [0, 0.1) is 12.3 Å². The molecule has 7 heteroatoms. The maximum atomic E-state index is 11.7. The molecule has 0 radical (unpaired) electrons. The molecule has 0 fully saturated rings. The molecule has 0 aromatic rings. The minimum absolute atomic E-state index is 0.138. The highest BCUT2D eigenvalue weighted by Gasteiger charge is 2.21. The maximum Gasteiger partial charge on any atom is 0.323 e. The van der Waals surface area contributed by atoms with Crippen molar-refractivity contribution in [1.29, 1.82) is 0 Å². The number of urea groups is 1. The molecule has 100 valence electrons. The Kier molecular flexibility index (Phi) is 6.28. The first-order valence-corrected chi connectivity index (χ1v) is 5.21. The van der Waals surface area contributed by atoms with Crippen LogP contribution in [0.5, 0.6) is 0 Å². The second kappa shape index (κ2) is 7.17. The van der Waals surface area contributed by atoms with E-state index in [1.54, 1.807) is 14.1 Å². The molecule has 7 nitrogen and oxygen atoms in total. The minimum Gasteiger partial charge on any atom is -0.480 e. The number of carbonyl (C=O) groups is 3. The number of likely N-dealkylation sites (N-methyl/N-ethyl adjacent to an activating group) is 1. The van der Waals surface area contributed by atoms with Gasteiger partial charge in [-0.05, 0) is 6.92 Å². The van der Waals surface area contributed by atoms with E-state index >= 15 is 0 Å². The molecule has 0 bridgehead atoms. The number of nitrogens with zero attached hydrogens (tertiary/aromatic N) is 2. The van der Waals surface area contributed by atoms with Gasteiger partial charge in [-0.25, -0.2) is 4.79 Å². The summed E-state index contributed by atoms with van der Waals surface area (Å²) >= 11 is 0. The van der Waals surface area contributed by atoms with Crippen LogP contribution >= 0.6 is 0 Å². The van der Waals surface area contributed by atoms with Gasteiger partial charge >= 0.3 is 12.0 Å². The maximum absolute atomic E-state index is 11.7. The van der Waals surface area contributed by atoms with Crippen molar-refractivity contribution in [1.82, 2.24) is 15.1 Å². The monoisotopic (exact) mass is 255 g/mol. The first kappa shape index (κ1) is 15.8. The van der Waals surface area contributed by atoms with Crippen LogP contribution in [0.15, 0.2) is 0 Å². The number of terminal acetylenes is 1. The Bertz CT molecular complexity index is 373. The summed E-state index contributed by atoms with van der Waals surface area (Å²) in [5.74, 6) is 0.719. The molecular formula is C11H17N3O4. The molecule has 0 saturated heterocycles. The summed E-state index contributed by atoms with van der Waals surface area (Å²) in [4.78, 5) is 36.0. The standard InChI is InChI=1S/C11H17N3O4/c1-5-6-14(7-9(15)16)11(18)12-8(2)10(17)13(3)4/h1,8H,6-7H2,2-4H3,(H,12,18)(H,15,16). The van der Waals surface area contributed by atoms with E-state index < -0.39 is 24.6 Å². The van der Waals surface area contributed by atoms with Gasteiger partial charge in [-0.2, -0.15) is 0 Å². The Labute approximate surface area is 106 Å². The topological polar surface area (TPSA) is 90.0 Å². The summed E-state index contributed by atoms with van der Waals surface area (Å²) in [7, 11) is 3.11. The molecule has 3 amide bonds. The van der Waals surface area contributed by atoms with E-state index in [2.05, 4.69) is 11.2 Å². The number of carbonyl (C=O) groups excluding carboxylic acids is 2. The third kappa shape index (κ3) is 5.21. The lowest BCUT2D eigenvalue weighted by molar-refractivity contribution is -0.137. The number of nitrogens with one attached hydrogen (secondary N) is 1. The average molecular weight is 255 g/mol. The Morgan fingerprint density at radius 2 is 1.94 bits per heavy atom. The van der Waals surface area contributed by atoms with Crippen molar-refractivity contribution < 1.29 is 19.5 Å². The fraction of sp³-hybridized carbons (Fsp3) is 0.545. The van der Waals surface area contributed by atoms with Crippen molar-refractivity contribution in [2.75, 3.05) is 27.2 Å². The Morgan fingerprint density at radius 1 is 1.39 bits per heavy atom. The molecule has 18 heavy (non-hydrogen) atoms. The van der Waals surface area contributed by atoms with Crippen molar-refractivity contribution in [3.05, 3.63) is 0 Å². The first-order chi connectivity index (χ1) is 8.29. The van der Waals surface area contributed by atoms with Crippen molar-refractivity contribution in [2.45, 2.75) is 13.0 Å². The SMILES string of the molecule is C#CCN(CC(=O)O)C(=O)NC(C)C(=O)N(C)C. The number of amides is 3. The van der Waals surface area contributed by atoms with Crippen LogP contribution in [0.1, 0.15) is 6.92 Å². The summed E-state index contributed by atoms with van der Waals surface area (Å²) in [5, 5.41) is 11.0. The van der Waals surface area contributed by atoms with Gasteiger partial charge in [0.15, 0.2) is 0 Å². The summed E-state index contributed by atoms with van der Waals surface area (Å²) in [6.45, 7) is 0.856. The van der Waals surface area contributed by atoms with Gasteiger partial charge in [0.1, 0.15) is 12.6 Å². The largest absolute Gasteiger partial charge is 0.480 e. The molecule has 2 N–H and O–H groups in total. The van der Waals surface area contributed by atoms with E-state index in [-0.39, 0.29) is 12.5 Å². The number of hydrogen-bond donors (Lipinski definition) is 2. The number of rotatable bonds is 5. The molecule has 0 aliphatic rings. The van der Waals surface area contributed by atoms with E-state index in [9.17, 15) is 14.4 Å². The van der Waals surface area contributed by atoms with E-state index in [0.717, 1.165) is 4.90 Å². The van der Waals surface area contributed by atoms with Gasteiger partial charge in [-0.15, -0.1) is 6.42 Å².